The van der Waals surface area contributed by atoms with Crippen LogP contribution in [0.4, 0.5) is 11.4 Å². The molecule has 2 rings (SSSR count). The zero-order chi connectivity index (χ0) is 14.7. The maximum atomic E-state index is 11.9. The maximum absolute atomic E-state index is 11.9. The number of aromatic carboxylic acids is 1. The van der Waals surface area contributed by atoms with Gasteiger partial charge in [-0.1, -0.05) is 0 Å². The molecule has 0 aliphatic carbocycles. The van der Waals surface area contributed by atoms with Crippen molar-refractivity contribution in [2.45, 2.75) is 18.9 Å². The Kier molecular flexibility index (Phi) is 3.94. The largest absolute Gasteiger partial charge is 0.478 e. The number of carbonyl (C=O) groups is 2. The Morgan fingerprint density at radius 1 is 1.45 bits per heavy atom. The first-order valence-corrected chi connectivity index (χ1v) is 6.05. The normalized spacial score (nSPS) is 17.7. The number of carbonyl (C=O) groups excluding carboxylic acids is 1. The molecule has 1 aromatic carbocycles. The van der Waals surface area contributed by atoms with Crippen LogP contribution in [-0.4, -0.2) is 34.5 Å². The Bertz CT molecular complexity index is 566. The fourth-order valence-corrected chi connectivity index (χ4v) is 2.05. The molecule has 1 amide bonds. The van der Waals surface area contributed by atoms with Crippen LogP contribution in [0.3, 0.4) is 0 Å². The Morgan fingerprint density at radius 2 is 2.20 bits per heavy atom. The van der Waals surface area contributed by atoms with Crippen molar-refractivity contribution in [3.8, 4) is 0 Å². The molecule has 106 valence electrons. The summed E-state index contributed by atoms with van der Waals surface area (Å²) in [6.45, 7) is 0.734. The fourth-order valence-electron chi connectivity index (χ4n) is 2.05. The van der Waals surface area contributed by atoms with E-state index < -0.39 is 16.6 Å². The van der Waals surface area contributed by atoms with Gasteiger partial charge in [0, 0.05) is 6.07 Å². The lowest BCUT2D eigenvalue weighted by molar-refractivity contribution is -0.384. The average Bonchev–Trinajstić information content (AvgIpc) is 2.92. The van der Waals surface area contributed by atoms with Gasteiger partial charge < -0.3 is 15.7 Å². The second-order valence-electron chi connectivity index (χ2n) is 4.43. The molecule has 1 heterocycles. The molecule has 1 atom stereocenters. The van der Waals surface area contributed by atoms with Gasteiger partial charge in [0.2, 0.25) is 5.91 Å². The van der Waals surface area contributed by atoms with Gasteiger partial charge in [-0.05, 0) is 31.5 Å². The van der Waals surface area contributed by atoms with E-state index in [4.69, 9.17) is 5.11 Å². The number of nitro groups is 1. The summed E-state index contributed by atoms with van der Waals surface area (Å²) in [5.74, 6) is -1.61. The van der Waals surface area contributed by atoms with Crippen molar-refractivity contribution in [2.75, 3.05) is 11.9 Å². The highest BCUT2D eigenvalue weighted by atomic mass is 16.6. The molecule has 1 fully saturated rings. The molecule has 1 aliphatic rings. The van der Waals surface area contributed by atoms with Crippen LogP contribution >= 0.6 is 0 Å². The summed E-state index contributed by atoms with van der Waals surface area (Å²) in [6.07, 6.45) is 1.55. The SMILES string of the molecule is O=C(O)c1ccc(NC(=O)C2CCCN2)c([N+](=O)[O-])c1. The number of carboxylic acids is 1. The Balaban J connectivity index is 2.24. The molecule has 20 heavy (non-hydrogen) atoms. The monoisotopic (exact) mass is 279 g/mol. The summed E-state index contributed by atoms with van der Waals surface area (Å²) in [6, 6.07) is 3.01. The van der Waals surface area contributed by atoms with Gasteiger partial charge in [0.1, 0.15) is 5.69 Å². The number of rotatable bonds is 4. The summed E-state index contributed by atoms with van der Waals surface area (Å²) in [4.78, 5) is 32.9. The van der Waals surface area contributed by atoms with Crippen LogP contribution in [0.15, 0.2) is 18.2 Å². The molecule has 0 radical (unpaired) electrons. The van der Waals surface area contributed by atoms with E-state index in [2.05, 4.69) is 10.6 Å². The summed E-state index contributed by atoms with van der Waals surface area (Å²) in [5, 5.41) is 25.2. The van der Waals surface area contributed by atoms with Gasteiger partial charge in [-0.15, -0.1) is 0 Å². The van der Waals surface area contributed by atoms with E-state index in [1.807, 2.05) is 0 Å². The molecule has 0 saturated carbocycles. The number of anilines is 1. The van der Waals surface area contributed by atoms with Crippen molar-refractivity contribution in [1.82, 2.24) is 5.32 Å². The number of nitrogens with zero attached hydrogens (tertiary/aromatic N) is 1. The van der Waals surface area contributed by atoms with Crippen LogP contribution in [-0.2, 0) is 4.79 Å². The third-order valence-electron chi connectivity index (χ3n) is 3.08. The van der Waals surface area contributed by atoms with Gasteiger partial charge in [0.05, 0.1) is 16.5 Å². The first kappa shape index (κ1) is 13.9. The van der Waals surface area contributed by atoms with Gasteiger partial charge in [-0.25, -0.2) is 4.79 Å². The van der Waals surface area contributed by atoms with Crippen molar-refractivity contribution in [2.24, 2.45) is 0 Å². The molecule has 8 heteroatoms. The summed E-state index contributed by atoms with van der Waals surface area (Å²) in [7, 11) is 0. The van der Waals surface area contributed by atoms with Crippen molar-refractivity contribution in [1.29, 1.82) is 0 Å². The van der Waals surface area contributed by atoms with E-state index in [0.29, 0.717) is 6.42 Å². The molecule has 8 nitrogen and oxygen atoms in total. The third kappa shape index (κ3) is 2.91. The molecular formula is C12H13N3O5. The molecule has 0 bridgehead atoms. The number of benzene rings is 1. The summed E-state index contributed by atoms with van der Waals surface area (Å²) >= 11 is 0. The van der Waals surface area contributed by atoms with Gasteiger partial charge in [-0.2, -0.15) is 0 Å². The summed E-state index contributed by atoms with van der Waals surface area (Å²) < 4.78 is 0. The van der Waals surface area contributed by atoms with Crippen LogP contribution in [0.1, 0.15) is 23.2 Å². The zero-order valence-corrected chi connectivity index (χ0v) is 10.5. The average molecular weight is 279 g/mol. The Labute approximate surface area is 113 Å². The predicted octanol–water partition coefficient (Wildman–Crippen LogP) is 0.984. The number of nitrogens with one attached hydrogen (secondary N) is 2. The lowest BCUT2D eigenvalue weighted by atomic mass is 10.1. The molecule has 1 aromatic rings. The Hall–Kier alpha value is -2.48. The van der Waals surface area contributed by atoms with Crippen molar-refractivity contribution in [3.63, 3.8) is 0 Å². The Morgan fingerprint density at radius 3 is 2.75 bits per heavy atom. The first-order chi connectivity index (χ1) is 9.49. The van der Waals surface area contributed by atoms with Crippen LogP contribution < -0.4 is 10.6 Å². The van der Waals surface area contributed by atoms with Crippen molar-refractivity contribution < 1.29 is 19.6 Å². The molecule has 1 aliphatic heterocycles. The molecule has 0 aromatic heterocycles. The number of amides is 1. The van der Waals surface area contributed by atoms with Gasteiger partial charge >= 0.3 is 5.97 Å². The summed E-state index contributed by atoms with van der Waals surface area (Å²) in [5.41, 5.74) is -0.636. The van der Waals surface area contributed by atoms with E-state index in [-0.39, 0.29) is 23.2 Å². The molecule has 1 saturated heterocycles. The second kappa shape index (κ2) is 5.66. The number of nitro benzene ring substituents is 1. The standard InChI is InChI=1S/C12H13N3O5/c16-11(9-2-1-5-13-9)14-8-4-3-7(12(17)18)6-10(8)15(19)20/h3-4,6,9,13H,1-2,5H2,(H,14,16)(H,17,18). The maximum Gasteiger partial charge on any atom is 0.335 e. The minimum absolute atomic E-state index is 0.00120. The quantitative estimate of drug-likeness (QED) is 0.558. The number of hydrogen-bond acceptors (Lipinski definition) is 5. The highest BCUT2D eigenvalue weighted by molar-refractivity contribution is 5.98. The van der Waals surface area contributed by atoms with Crippen LogP contribution in [0.2, 0.25) is 0 Å². The highest BCUT2D eigenvalue weighted by Crippen LogP contribution is 2.26. The van der Waals surface area contributed by atoms with Gasteiger partial charge in [0.15, 0.2) is 0 Å². The van der Waals surface area contributed by atoms with Gasteiger partial charge in [-0.3, -0.25) is 14.9 Å². The van der Waals surface area contributed by atoms with E-state index in [1.165, 1.54) is 12.1 Å². The third-order valence-corrected chi connectivity index (χ3v) is 3.08. The smallest absolute Gasteiger partial charge is 0.335 e. The lowest BCUT2D eigenvalue weighted by Crippen LogP contribution is -2.35. The minimum Gasteiger partial charge on any atom is -0.478 e. The second-order valence-corrected chi connectivity index (χ2v) is 4.43. The number of carboxylic acid groups (broad SMARTS) is 1. The lowest BCUT2D eigenvalue weighted by Gasteiger charge is -2.11. The van der Waals surface area contributed by atoms with E-state index in [1.54, 1.807) is 0 Å². The first-order valence-electron chi connectivity index (χ1n) is 6.05. The number of hydrogen-bond donors (Lipinski definition) is 3. The van der Waals surface area contributed by atoms with Gasteiger partial charge in [0.25, 0.3) is 5.69 Å². The minimum atomic E-state index is -1.26. The molecule has 0 spiro atoms. The molecule has 3 N–H and O–H groups in total. The van der Waals surface area contributed by atoms with Crippen LogP contribution in [0.5, 0.6) is 0 Å². The fraction of sp³-hybridized carbons (Fsp3) is 0.333. The van der Waals surface area contributed by atoms with E-state index in [0.717, 1.165) is 19.0 Å². The predicted molar refractivity (Wildman–Crippen MR) is 69.7 cm³/mol. The molecule has 1 unspecified atom stereocenters. The van der Waals surface area contributed by atoms with Crippen LogP contribution in [0, 0.1) is 10.1 Å². The highest BCUT2D eigenvalue weighted by Gasteiger charge is 2.25. The topological polar surface area (TPSA) is 122 Å². The van der Waals surface area contributed by atoms with Crippen molar-refractivity contribution in [3.05, 3.63) is 33.9 Å². The van der Waals surface area contributed by atoms with E-state index in [9.17, 15) is 19.7 Å². The molecular weight excluding hydrogens is 266 g/mol. The van der Waals surface area contributed by atoms with Crippen LogP contribution in [0.25, 0.3) is 0 Å². The van der Waals surface area contributed by atoms with E-state index >= 15 is 0 Å². The zero-order valence-electron chi connectivity index (χ0n) is 10.5. The van der Waals surface area contributed by atoms with Crippen molar-refractivity contribution >= 4 is 23.3 Å².